The zero-order valence-electron chi connectivity index (χ0n) is 14.2. The number of halogens is 2. The fourth-order valence-electron chi connectivity index (χ4n) is 2.39. The van der Waals surface area contributed by atoms with E-state index in [0.29, 0.717) is 17.1 Å². The second-order valence-corrected chi connectivity index (χ2v) is 6.60. The van der Waals surface area contributed by atoms with Gasteiger partial charge in [-0.3, -0.25) is 4.79 Å². The van der Waals surface area contributed by atoms with E-state index in [0.717, 1.165) is 0 Å². The van der Waals surface area contributed by atoms with Gasteiger partial charge in [0.25, 0.3) is 0 Å². The van der Waals surface area contributed by atoms with Crippen molar-refractivity contribution in [3.8, 4) is 34.5 Å². The number of carbonyl (C=O) groups is 1. The number of carboxylic acids is 1. The van der Waals surface area contributed by atoms with Gasteiger partial charge in [-0.25, -0.2) is 0 Å². The first-order chi connectivity index (χ1) is 13.3. The van der Waals surface area contributed by atoms with Gasteiger partial charge in [-0.05, 0) is 54.1 Å². The maximum absolute atomic E-state index is 10.8. The number of carboxylic acid groups (broad SMARTS) is 1. The molecule has 0 fully saturated rings. The van der Waals surface area contributed by atoms with Crippen molar-refractivity contribution in [2.75, 3.05) is 0 Å². The first kappa shape index (κ1) is 19.7. The summed E-state index contributed by atoms with van der Waals surface area (Å²) >= 11 is 12.4. The number of phenolic OH excluding ortho intramolecular Hbond substituents is 2. The molecule has 0 aliphatic carbocycles. The minimum Gasteiger partial charge on any atom is -0.508 e. The van der Waals surface area contributed by atoms with E-state index in [1.165, 1.54) is 54.6 Å². The molecule has 3 N–H and O–H groups in total. The fraction of sp³-hybridized carbons (Fsp3) is 0.0500. The first-order valence-corrected chi connectivity index (χ1v) is 8.75. The molecule has 144 valence electrons. The minimum absolute atomic E-state index is 0.0873. The van der Waals surface area contributed by atoms with Crippen LogP contribution >= 0.6 is 23.2 Å². The molecule has 0 aromatic heterocycles. The zero-order chi connectivity index (χ0) is 20.3. The molecule has 0 heterocycles. The van der Waals surface area contributed by atoms with Gasteiger partial charge in [0.2, 0.25) is 0 Å². The molecule has 0 radical (unpaired) electrons. The number of ether oxygens (including phenoxy) is 2. The van der Waals surface area contributed by atoms with Crippen LogP contribution in [0.15, 0.2) is 54.6 Å². The van der Waals surface area contributed by atoms with Crippen molar-refractivity contribution in [2.24, 2.45) is 0 Å². The number of phenols is 2. The lowest BCUT2D eigenvalue weighted by atomic mass is 10.1. The van der Waals surface area contributed by atoms with Gasteiger partial charge >= 0.3 is 5.97 Å². The van der Waals surface area contributed by atoms with Crippen LogP contribution in [0, 0.1) is 0 Å². The maximum Gasteiger partial charge on any atom is 0.307 e. The molecule has 28 heavy (non-hydrogen) atoms. The molecule has 3 aromatic rings. The number of rotatable bonds is 6. The molecular formula is C20H14Cl2O6. The molecule has 0 unspecified atom stereocenters. The Morgan fingerprint density at radius 3 is 2.07 bits per heavy atom. The van der Waals surface area contributed by atoms with Crippen LogP contribution in [0.2, 0.25) is 10.0 Å². The van der Waals surface area contributed by atoms with Crippen LogP contribution in [0.25, 0.3) is 0 Å². The van der Waals surface area contributed by atoms with Crippen molar-refractivity contribution in [3.05, 3.63) is 70.2 Å². The molecule has 3 rings (SSSR count). The lowest BCUT2D eigenvalue weighted by molar-refractivity contribution is -0.136. The fourth-order valence-corrected chi connectivity index (χ4v) is 2.99. The third-order valence-corrected chi connectivity index (χ3v) is 4.19. The molecule has 0 saturated carbocycles. The second-order valence-electron chi connectivity index (χ2n) is 5.79. The van der Waals surface area contributed by atoms with Crippen LogP contribution in [0.3, 0.4) is 0 Å². The highest BCUT2D eigenvalue weighted by Gasteiger charge is 2.14. The molecule has 0 aliphatic rings. The van der Waals surface area contributed by atoms with Crippen molar-refractivity contribution in [2.45, 2.75) is 6.42 Å². The monoisotopic (exact) mass is 420 g/mol. The number of benzene rings is 3. The van der Waals surface area contributed by atoms with Crippen LogP contribution in [0.4, 0.5) is 0 Å². The number of hydrogen-bond acceptors (Lipinski definition) is 5. The molecule has 0 bridgehead atoms. The van der Waals surface area contributed by atoms with Crippen molar-refractivity contribution in [1.29, 1.82) is 0 Å². The largest absolute Gasteiger partial charge is 0.508 e. The molecule has 0 atom stereocenters. The van der Waals surface area contributed by atoms with Crippen LogP contribution in [0.1, 0.15) is 5.56 Å². The van der Waals surface area contributed by atoms with E-state index in [4.69, 9.17) is 37.8 Å². The van der Waals surface area contributed by atoms with Crippen LogP contribution in [-0.4, -0.2) is 21.3 Å². The van der Waals surface area contributed by atoms with E-state index < -0.39 is 5.97 Å². The smallest absolute Gasteiger partial charge is 0.307 e. The molecule has 0 spiro atoms. The molecule has 0 amide bonds. The Hall–Kier alpha value is -3.09. The predicted octanol–water partition coefficient (Wildman–Crippen LogP) is 5.62. The Morgan fingerprint density at radius 2 is 1.46 bits per heavy atom. The standard InChI is InChI=1S/C20H14Cl2O6/c21-15-7-11(9-19(25)26)8-16(22)20(15)28-14-5-6-17(24)18(10-14)27-13-3-1-12(23)2-4-13/h1-8,10,23-24H,9H2,(H,25,26). The van der Waals surface area contributed by atoms with E-state index in [2.05, 4.69) is 0 Å². The highest BCUT2D eigenvalue weighted by Crippen LogP contribution is 2.40. The highest BCUT2D eigenvalue weighted by molar-refractivity contribution is 6.37. The number of aliphatic carboxylic acids is 1. The maximum atomic E-state index is 10.8. The minimum atomic E-state index is -1.00. The van der Waals surface area contributed by atoms with Crippen molar-refractivity contribution in [3.63, 3.8) is 0 Å². The molecule has 8 heteroatoms. The average molecular weight is 421 g/mol. The SMILES string of the molecule is O=C(O)Cc1cc(Cl)c(Oc2ccc(O)c(Oc3ccc(O)cc3)c2)c(Cl)c1. The van der Waals surface area contributed by atoms with Gasteiger partial charge in [0.15, 0.2) is 17.2 Å². The molecular weight excluding hydrogens is 407 g/mol. The summed E-state index contributed by atoms with van der Waals surface area (Å²) in [5.74, 6) is -0.0635. The van der Waals surface area contributed by atoms with E-state index in [1.807, 2.05) is 0 Å². The molecule has 0 aliphatic heterocycles. The molecule has 3 aromatic carbocycles. The van der Waals surface area contributed by atoms with E-state index in [1.54, 1.807) is 0 Å². The summed E-state index contributed by atoms with van der Waals surface area (Å²) in [5.41, 5.74) is 0.442. The lowest BCUT2D eigenvalue weighted by Gasteiger charge is -2.13. The Labute approximate surface area is 170 Å². The Morgan fingerprint density at radius 1 is 0.857 bits per heavy atom. The highest BCUT2D eigenvalue weighted by atomic mass is 35.5. The van der Waals surface area contributed by atoms with Gasteiger partial charge in [-0.1, -0.05) is 23.2 Å². The van der Waals surface area contributed by atoms with E-state index >= 15 is 0 Å². The summed E-state index contributed by atoms with van der Waals surface area (Å²) in [5, 5.41) is 28.5. The molecule has 6 nitrogen and oxygen atoms in total. The zero-order valence-corrected chi connectivity index (χ0v) is 15.7. The topological polar surface area (TPSA) is 96.2 Å². The van der Waals surface area contributed by atoms with Crippen molar-refractivity contribution >= 4 is 29.2 Å². The van der Waals surface area contributed by atoms with E-state index in [-0.39, 0.29) is 39.5 Å². The summed E-state index contributed by atoms with van der Waals surface area (Å²) in [4.78, 5) is 10.8. The number of hydrogen-bond donors (Lipinski definition) is 3. The summed E-state index contributed by atoms with van der Waals surface area (Å²) in [6.07, 6.45) is -0.219. The first-order valence-electron chi connectivity index (χ1n) is 7.99. The average Bonchev–Trinajstić information content (AvgIpc) is 2.62. The van der Waals surface area contributed by atoms with Gasteiger partial charge in [-0.15, -0.1) is 0 Å². The lowest BCUT2D eigenvalue weighted by Crippen LogP contribution is -2.00. The summed E-state index contributed by atoms with van der Waals surface area (Å²) in [6.45, 7) is 0. The number of aromatic hydroxyl groups is 2. The van der Waals surface area contributed by atoms with Gasteiger partial charge in [0.05, 0.1) is 16.5 Å². The van der Waals surface area contributed by atoms with Crippen LogP contribution in [0.5, 0.6) is 34.5 Å². The van der Waals surface area contributed by atoms with Gasteiger partial charge in [0, 0.05) is 6.07 Å². The van der Waals surface area contributed by atoms with Gasteiger partial charge in [-0.2, -0.15) is 0 Å². The summed E-state index contributed by atoms with van der Waals surface area (Å²) in [7, 11) is 0. The summed E-state index contributed by atoms with van der Waals surface area (Å²) in [6, 6.07) is 13.2. The van der Waals surface area contributed by atoms with Crippen molar-refractivity contribution < 1.29 is 29.6 Å². The predicted molar refractivity (Wildman–Crippen MR) is 104 cm³/mol. The van der Waals surface area contributed by atoms with Gasteiger partial charge < -0.3 is 24.8 Å². The van der Waals surface area contributed by atoms with Crippen LogP contribution in [-0.2, 0) is 11.2 Å². The Bertz CT molecular complexity index is 995. The van der Waals surface area contributed by atoms with Crippen molar-refractivity contribution in [1.82, 2.24) is 0 Å². The van der Waals surface area contributed by atoms with Gasteiger partial charge in [0.1, 0.15) is 17.2 Å². The summed E-state index contributed by atoms with van der Waals surface area (Å²) < 4.78 is 11.3. The van der Waals surface area contributed by atoms with Crippen LogP contribution < -0.4 is 9.47 Å². The Kier molecular flexibility index (Phi) is 5.82. The molecule has 0 saturated heterocycles. The normalized spacial score (nSPS) is 10.5. The third-order valence-electron chi connectivity index (χ3n) is 3.63. The third kappa shape index (κ3) is 4.79. The second kappa shape index (κ2) is 8.29. The van der Waals surface area contributed by atoms with E-state index in [9.17, 15) is 15.0 Å². The Balaban J connectivity index is 1.85. The quantitative estimate of drug-likeness (QED) is 0.478.